The molecule has 0 radical (unpaired) electrons. The molecule has 1 N–H and O–H groups in total. The number of rotatable bonds is 3. The van der Waals surface area contributed by atoms with Crippen molar-refractivity contribution in [3.8, 4) is 0 Å². The number of alkyl halides is 2. The predicted octanol–water partition coefficient (Wildman–Crippen LogP) is 2.71. The second-order valence-electron chi connectivity index (χ2n) is 3.65. The zero-order chi connectivity index (χ0) is 9.73. The lowest BCUT2D eigenvalue weighted by molar-refractivity contribution is 0.200. The maximum absolute atomic E-state index is 12.8. The third-order valence-corrected chi connectivity index (χ3v) is 2.93. The Kier molecular flexibility index (Phi) is 3.63. The minimum Gasteiger partial charge on any atom is -0.411 e. The Labute approximate surface area is 76.6 Å². The minimum absolute atomic E-state index is 0.0188. The molecule has 0 amide bonds. The van der Waals surface area contributed by atoms with Crippen molar-refractivity contribution in [3.63, 3.8) is 0 Å². The molecule has 1 fully saturated rings. The molecule has 0 heterocycles. The molecule has 1 saturated carbocycles. The predicted molar refractivity (Wildman–Crippen MR) is 46.7 cm³/mol. The van der Waals surface area contributed by atoms with Crippen LogP contribution in [-0.2, 0) is 0 Å². The lowest BCUT2D eigenvalue weighted by Gasteiger charge is -2.34. The van der Waals surface area contributed by atoms with Gasteiger partial charge < -0.3 is 5.21 Å². The molecular weight excluding hydrogens is 176 g/mol. The Hall–Kier alpha value is -0.670. The molecule has 0 bridgehead atoms. The van der Waals surface area contributed by atoms with Gasteiger partial charge in [0.25, 0.3) is 0 Å². The molecule has 0 saturated heterocycles. The first-order valence-corrected chi connectivity index (χ1v) is 4.62. The number of halogens is 2. The highest BCUT2D eigenvalue weighted by Crippen LogP contribution is 2.38. The topological polar surface area (TPSA) is 32.6 Å². The van der Waals surface area contributed by atoms with E-state index in [9.17, 15) is 8.78 Å². The molecular formula is C9H15F2NO. The van der Waals surface area contributed by atoms with E-state index in [2.05, 4.69) is 5.16 Å². The van der Waals surface area contributed by atoms with Crippen LogP contribution in [0.5, 0.6) is 0 Å². The van der Waals surface area contributed by atoms with Gasteiger partial charge in [0.2, 0.25) is 0 Å². The van der Waals surface area contributed by atoms with Gasteiger partial charge in [0, 0.05) is 5.41 Å². The maximum atomic E-state index is 12.8. The molecule has 76 valence electrons. The van der Waals surface area contributed by atoms with E-state index in [4.69, 9.17) is 5.21 Å². The standard InChI is InChI=1S/C9H15F2NO/c10-6-8(12-13)9(7-11)4-2-1-3-5-9/h13H,1-7H2/b12-8+. The van der Waals surface area contributed by atoms with E-state index in [1.807, 2.05) is 0 Å². The van der Waals surface area contributed by atoms with Gasteiger partial charge in [-0.1, -0.05) is 24.4 Å². The number of hydrogen-bond acceptors (Lipinski definition) is 2. The molecule has 1 aliphatic rings. The van der Waals surface area contributed by atoms with Crippen LogP contribution in [0.1, 0.15) is 32.1 Å². The van der Waals surface area contributed by atoms with Crippen molar-refractivity contribution in [1.29, 1.82) is 0 Å². The van der Waals surface area contributed by atoms with Crippen molar-refractivity contribution in [1.82, 2.24) is 0 Å². The summed E-state index contributed by atoms with van der Waals surface area (Å²) < 4.78 is 25.2. The summed E-state index contributed by atoms with van der Waals surface area (Å²) in [5.74, 6) is 0. The van der Waals surface area contributed by atoms with Crippen LogP contribution in [0.25, 0.3) is 0 Å². The Morgan fingerprint density at radius 1 is 1.23 bits per heavy atom. The fourth-order valence-corrected chi connectivity index (χ4v) is 2.00. The van der Waals surface area contributed by atoms with Crippen LogP contribution in [0.4, 0.5) is 8.78 Å². The van der Waals surface area contributed by atoms with E-state index in [0.29, 0.717) is 12.8 Å². The largest absolute Gasteiger partial charge is 0.411 e. The van der Waals surface area contributed by atoms with Crippen LogP contribution in [-0.4, -0.2) is 24.3 Å². The van der Waals surface area contributed by atoms with Crippen molar-refractivity contribution in [2.24, 2.45) is 10.6 Å². The molecule has 1 aliphatic carbocycles. The van der Waals surface area contributed by atoms with Crippen LogP contribution < -0.4 is 0 Å². The molecule has 2 nitrogen and oxygen atoms in total. The highest BCUT2D eigenvalue weighted by molar-refractivity contribution is 5.91. The number of hydrogen-bond donors (Lipinski definition) is 1. The summed E-state index contributed by atoms with van der Waals surface area (Å²) in [6.45, 7) is -1.46. The van der Waals surface area contributed by atoms with E-state index in [1.54, 1.807) is 0 Å². The van der Waals surface area contributed by atoms with Crippen molar-refractivity contribution in [2.45, 2.75) is 32.1 Å². The van der Waals surface area contributed by atoms with Crippen molar-refractivity contribution < 1.29 is 14.0 Å². The van der Waals surface area contributed by atoms with E-state index in [0.717, 1.165) is 19.3 Å². The SMILES string of the molecule is O/N=C(\CF)C1(CF)CCCCC1. The molecule has 0 aromatic rings. The Morgan fingerprint density at radius 3 is 2.23 bits per heavy atom. The van der Waals surface area contributed by atoms with Crippen molar-refractivity contribution >= 4 is 5.71 Å². The Balaban J connectivity index is 2.77. The fraction of sp³-hybridized carbons (Fsp3) is 0.889. The molecule has 0 spiro atoms. The van der Waals surface area contributed by atoms with Gasteiger partial charge >= 0.3 is 0 Å². The highest BCUT2D eigenvalue weighted by atomic mass is 19.1. The van der Waals surface area contributed by atoms with Gasteiger partial charge in [-0.25, -0.2) is 4.39 Å². The average molecular weight is 191 g/mol. The van der Waals surface area contributed by atoms with E-state index >= 15 is 0 Å². The quantitative estimate of drug-likeness (QED) is 0.415. The minimum atomic E-state index is -0.847. The molecule has 4 heteroatoms. The van der Waals surface area contributed by atoms with Gasteiger partial charge in [0.05, 0.1) is 5.71 Å². The Morgan fingerprint density at radius 2 is 1.85 bits per heavy atom. The van der Waals surface area contributed by atoms with Crippen LogP contribution in [0, 0.1) is 5.41 Å². The van der Waals surface area contributed by atoms with Gasteiger partial charge in [0.15, 0.2) is 0 Å². The second-order valence-corrected chi connectivity index (χ2v) is 3.65. The molecule has 1 rings (SSSR count). The Bertz CT molecular complexity index is 188. The summed E-state index contributed by atoms with van der Waals surface area (Å²) >= 11 is 0. The zero-order valence-electron chi connectivity index (χ0n) is 7.60. The maximum Gasteiger partial charge on any atom is 0.132 e. The smallest absolute Gasteiger partial charge is 0.132 e. The zero-order valence-corrected chi connectivity index (χ0v) is 7.60. The molecule has 0 aromatic heterocycles. The van der Waals surface area contributed by atoms with Crippen molar-refractivity contribution in [3.05, 3.63) is 0 Å². The van der Waals surface area contributed by atoms with Crippen LogP contribution in [0.2, 0.25) is 0 Å². The van der Waals surface area contributed by atoms with Gasteiger partial charge in [-0.2, -0.15) is 0 Å². The first kappa shape index (κ1) is 10.4. The summed E-state index contributed by atoms with van der Waals surface area (Å²) in [5.41, 5.74) is -0.823. The summed E-state index contributed by atoms with van der Waals surface area (Å²) in [4.78, 5) is 0. The molecule has 0 atom stereocenters. The summed E-state index contributed by atoms with van der Waals surface area (Å²) in [7, 11) is 0. The second kappa shape index (κ2) is 4.53. The summed E-state index contributed by atoms with van der Waals surface area (Å²) in [5, 5.41) is 11.4. The molecule has 13 heavy (non-hydrogen) atoms. The third-order valence-electron chi connectivity index (χ3n) is 2.93. The lowest BCUT2D eigenvalue weighted by atomic mass is 9.72. The van der Waals surface area contributed by atoms with Crippen molar-refractivity contribution in [2.75, 3.05) is 13.3 Å². The van der Waals surface area contributed by atoms with E-state index < -0.39 is 18.8 Å². The number of nitrogens with zero attached hydrogens (tertiary/aromatic N) is 1. The first-order chi connectivity index (χ1) is 6.29. The monoisotopic (exact) mass is 191 g/mol. The fourth-order valence-electron chi connectivity index (χ4n) is 2.00. The molecule has 0 aromatic carbocycles. The van der Waals surface area contributed by atoms with E-state index in [1.165, 1.54) is 0 Å². The van der Waals surface area contributed by atoms with Gasteiger partial charge in [-0.15, -0.1) is 0 Å². The van der Waals surface area contributed by atoms with E-state index in [-0.39, 0.29) is 5.71 Å². The first-order valence-electron chi connectivity index (χ1n) is 4.62. The van der Waals surface area contributed by atoms with Gasteiger partial charge in [0.1, 0.15) is 13.3 Å². The summed E-state index contributed by atoms with van der Waals surface area (Å²) in [6, 6.07) is 0. The lowest BCUT2D eigenvalue weighted by Crippen LogP contribution is -2.36. The van der Waals surface area contributed by atoms with Crippen LogP contribution >= 0.6 is 0 Å². The van der Waals surface area contributed by atoms with Gasteiger partial charge in [-0.3, -0.25) is 4.39 Å². The normalized spacial score (nSPS) is 23.1. The molecule has 0 aliphatic heterocycles. The average Bonchev–Trinajstić information content (AvgIpc) is 2.21. The van der Waals surface area contributed by atoms with Crippen LogP contribution in [0.15, 0.2) is 5.16 Å². The number of oxime groups is 1. The van der Waals surface area contributed by atoms with Gasteiger partial charge in [-0.05, 0) is 12.8 Å². The highest BCUT2D eigenvalue weighted by Gasteiger charge is 2.37. The third kappa shape index (κ3) is 1.98. The van der Waals surface area contributed by atoms with Crippen LogP contribution in [0.3, 0.4) is 0 Å². The summed E-state index contributed by atoms with van der Waals surface area (Å²) in [6.07, 6.45) is 4.05. The molecule has 0 unspecified atom stereocenters.